The summed E-state index contributed by atoms with van der Waals surface area (Å²) in [5.41, 5.74) is 16.9. The summed E-state index contributed by atoms with van der Waals surface area (Å²) in [7, 11) is 0. The van der Waals surface area contributed by atoms with Gasteiger partial charge >= 0.3 is 0 Å². The van der Waals surface area contributed by atoms with E-state index in [4.69, 9.17) is 17.2 Å². The average Bonchev–Trinajstić information content (AvgIpc) is 3.83. The van der Waals surface area contributed by atoms with Crippen molar-refractivity contribution >= 4 is 70.9 Å². The summed E-state index contributed by atoms with van der Waals surface area (Å²) < 4.78 is 0. The van der Waals surface area contributed by atoms with E-state index in [2.05, 4.69) is 42.5 Å². The van der Waals surface area contributed by atoms with Crippen LogP contribution in [-0.2, 0) is 64.0 Å². The fourth-order valence-corrected chi connectivity index (χ4v) is 7.77. The smallest absolute Gasteiger partial charge is 0.247 e. The molecule has 0 spiro atoms. The first-order valence-corrected chi connectivity index (χ1v) is 23.0. The van der Waals surface area contributed by atoms with Crippen LogP contribution >= 0.6 is 0 Å². The molecule has 0 aromatic heterocycles. The Balaban J connectivity index is 1.71. The zero-order valence-corrected chi connectivity index (χ0v) is 39.3. The van der Waals surface area contributed by atoms with Crippen LogP contribution in [0.4, 0.5) is 0 Å². The summed E-state index contributed by atoms with van der Waals surface area (Å²) in [6.07, 6.45) is -2.25. The predicted molar refractivity (Wildman–Crippen MR) is 250 cm³/mol. The number of carbonyl (C=O) groups excluding carboxylic acids is 12. The Morgan fingerprint density at radius 2 is 1.38 bits per heavy atom. The number of carbonyl (C=O) groups is 12. The second-order valence-electron chi connectivity index (χ2n) is 17.3. The first-order valence-electron chi connectivity index (χ1n) is 23.0. The van der Waals surface area contributed by atoms with Crippen molar-refractivity contribution in [1.29, 1.82) is 0 Å². The van der Waals surface area contributed by atoms with E-state index >= 15 is 0 Å². The molecular formula is C46H62N12O13. The standard InChI is InChI=1S/C46H62N12O13/c1-3-24(2)38-45(70)53-28(15-16-33(47)60)40(65)54-30(21-34(48)61)41(66)55-31(22-50-36(63)17-18-37(64)52-29(42(67)56-38)20-25-11-13-27(59)14-12-25)46(71)58-19-7-10-32(58)43(68)57-39(26-8-5-4-6-9-26)44(69)51-23-35(49)62/h4-6,8-9,11-14,24,28-32,38-39,59H,3,7,10,15-23H2,1-2H3,(H2,47,60)(H2,48,61)(H2,49,62)(H,50,63)(H,51,69)(H,52,64)(H,53,70)(H,54,65)(H,55,66)(H,56,67)(H,57,68)/t24-,28-,29-,30-,31-,32-,38-,39-/m0/s1. The van der Waals surface area contributed by atoms with E-state index in [0.29, 0.717) is 17.5 Å². The Kier molecular flexibility index (Phi) is 20.8. The molecule has 2 saturated heterocycles. The van der Waals surface area contributed by atoms with Gasteiger partial charge in [0.25, 0.3) is 0 Å². The van der Waals surface area contributed by atoms with Gasteiger partial charge in [0.1, 0.15) is 48.0 Å². The minimum Gasteiger partial charge on any atom is -0.508 e. The fourth-order valence-electron chi connectivity index (χ4n) is 7.77. The molecule has 12 amide bonds. The minimum absolute atomic E-state index is 0.0551. The molecule has 2 aromatic carbocycles. The van der Waals surface area contributed by atoms with Crippen LogP contribution in [0.2, 0.25) is 0 Å². The Hall–Kier alpha value is -8.12. The number of hydrogen-bond donors (Lipinski definition) is 12. The van der Waals surface area contributed by atoms with Gasteiger partial charge in [-0.2, -0.15) is 0 Å². The molecule has 2 fully saturated rings. The van der Waals surface area contributed by atoms with Gasteiger partial charge in [0.2, 0.25) is 70.9 Å². The molecule has 0 saturated carbocycles. The zero-order chi connectivity index (χ0) is 52.4. The normalized spacial score (nSPS) is 22.6. The largest absolute Gasteiger partial charge is 0.508 e. The van der Waals surface area contributed by atoms with E-state index in [1.165, 1.54) is 24.3 Å². The molecule has 0 aliphatic carbocycles. The van der Waals surface area contributed by atoms with Crippen LogP contribution in [0.3, 0.4) is 0 Å². The van der Waals surface area contributed by atoms with E-state index in [1.807, 2.05) is 0 Å². The van der Waals surface area contributed by atoms with Gasteiger partial charge in [-0.3, -0.25) is 57.5 Å². The number of nitrogens with zero attached hydrogens (tertiary/aromatic N) is 1. The van der Waals surface area contributed by atoms with Gasteiger partial charge in [-0.15, -0.1) is 0 Å². The molecule has 2 aromatic rings. The molecule has 2 aliphatic rings. The summed E-state index contributed by atoms with van der Waals surface area (Å²) in [5.74, 6) is -11.6. The van der Waals surface area contributed by atoms with Gasteiger partial charge < -0.3 is 69.7 Å². The Labute approximate surface area is 408 Å². The average molecular weight is 991 g/mol. The molecule has 0 unspecified atom stereocenters. The maximum Gasteiger partial charge on any atom is 0.247 e. The van der Waals surface area contributed by atoms with Crippen molar-refractivity contribution < 1.29 is 62.6 Å². The van der Waals surface area contributed by atoms with Crippen molar-refractivity contribution in [3.63, 3.8) is 0 Å². The minimum atomic E-state index is -1.85. The van der Waals surface area contributed by atoms with Gasteiger partial charge in [-0.05, 0) is 48.4 Å². The third-order valence-corrected chi connectivity index (χ3v) is 11.8. The number of phenolic OH excluding ortho intramolecular Hbond substituents is 1. The van der Waals surface area contributed by atoms with Crippen molar-refractivity contribution in [2.24, 2.45) is 23.1 Å². The highest BCUT2D eigenvalue weighted by atomic mass is 16.3. The number of hydrogen-bond acceptors (Lipinski definition) is 13. The quantitative estimate of drug-likeness (QED) is 0.0762. The predicted octanol–water partition coefficient (Wildman–Crippen LogP) is -4.09. The van der Waals surface area contributed by atoms with Crippen LogP contribution in [-0.4, -0.2) is 137 Å². The van der Waals surface area contributed by atoms with E-state index in [9.17, 15) is 62.6 Å². The summed E-state index contributed by atoms with van der Waals surface area (Å²) in [4.78, 5) is 162. The van der Waals surface area contributed by atoms with Gasteiger partial charge in [-0.25, -0.2) is 0 Å². The number of likely N-dealkylation sites (tertiary alicyclic amines) is 1. The maximum atomic E-state index is 14.5. The first kappa shape index (κ1) is 55.5. The van der Waals surface area contributed by atoms with E-state index in [0.717, 1.165) is 4.90 Å². The highest BCUT2D eigenvalue weighted by Gasteiger charge is 2.41. The second-order valence-corrected chi connectivity index (χ2v) is 17.3. The van der Waals surface area contributed by atoms with Gasteiger partial charge in [0.15, 0.2) is 0 Å². The van der Waals surface area contributed by atoms with Crippen LogP contribution in [0.1, 0.15) is 82.4 Å². The molecule has 71 heavy (non-hydrogen) atoms. The monoisotopic (exact) mass is 990 g/mol. The number of aromatic hydroxyl groups is 1. The van der Waals surface area contributed by atoms with Gasteiger partial charge in [0, 0.05) is 38.8 Å². The number of benzene rings is 2. The summed E-state index contributed by atoms with van der Waals surface area (Å²) in [6, 6.07) is 3.21. The first-order chi connectivity index (χ1) is 33.7. The SMILES string of the molecule is CC[C@H](C)[C@@H]1NC(=O)[C@H](Cc2ccc(O)cc2)NC(=O)CCC(=O)NC[C@@H](C(=O)N2CCC[C@H]2C(=O)N[C@H](C(=O)NCC(N)=O)c2ccccc2)NC(=O)[C@H](CC(N)=O)NC(=O)[C@H](CCC(N)=O)NC1=O. The topological polar surface area (TPSA) is 403 Å². The zero-order valence-electron chi connectivity index (χ0n) is 39.3. The summed E-state index contributed by atoms with van der Waals surface area (Å²) in [5, 5.41) is 29.8. The third kappa shape index (κ3) is 17.1. The fraction of sp³-hybridized carbons (Fsp3) is 0.478. The van der Waals surface area contributed by atoms with Crippen molar-refractivity contribution in [2.45, 2.75) is 114 Å². The number of rotatable bonds is 16. The van der Waals surface area contributed by atoms with Gasteiger partial charge in [0.05, 0.1) is 13.0 Å². The molecular weight excluding hydrogens is 929 g/mol. The van der Waals surface area contributed by atoms with Crippen molar-refractivity contribution in [3.8, 4) is 5.75 Å². The van der Waals surface area contributed by atoms with Crippen LogP contribution < -0.4 is 59.7 Å². The lowest BCUT2D eigenvalue weighted by Crippen LogP contribution is -2.62. The molecule has 384 valence electrons. The molecule has 25 heteroatoms. The molecule has 15 N–H and O–H groups in total. The lowest BCUT2D eigenvalue weighted by molar-refractivity contribution is -0.143. The molecule has 25 nitrogen and oxygen atoms in total. The number of primary amides is 3. The Morgan fingerprint density at radius 1 is 0.746 bits per heavy atom. The van der Waals surface area contributed by atoms with Gasteiger partial charge in [-0.1, -0.05) is 62.7 Å². The number of amides is 12. The lowest BCUT2D eigenvalue weighted by atomic mass is 9.96. The summed E-state index contributed by atoms with van der Waals surface area (Å²) >= 11 is 0. The molecule has 4 rings (SSSR count). The van der Waals surface area contributed by atoms with Crippen LogP contribution in [0, 0.1) is 5.92 Å². The molecule has 0 radical (unpaired) electrons. The van der Waals surface area contributed by atoms with Crippen molar-refractivity contribution in [3.05, 3.63) is 65.7 Å². The molecule has 2 aliphatic heterocycles. The van der Waals surface area contributed by atoms with Crippen molar-refractivity contribution in [1.82, 2.24) is 47.4 Å². The van der Waals surface area contributed by atoms with E-state index in [1.54, 1.807) is 44.2 Å². The van der Waals surface area contributed by atoms with E-state index < -0.39 is 164 Å². The molecule has 0 bridgehead atoms. The second kappa shape index (κ2) is 26.6. The lowest BCUT2D eigenvalue weighted by Gasteiger charge is -2.31. The number of nitrogens with one attached hydrogen (secondary N) is 8. The van der Waals surface area contributed by atoms with Crippen LogP contribution in [0.15, 0.2) is 54.6 Å². The molecule has 8 atom stereocenters. The Morgan fingerprint density at radius 3 is 2.01 bits per heavy atom. The van der Waals surface area contributed by atoms with Crippen LogP contribution in [0.25, 0.3) is 0 Å². The third-order valence-electron chi connectivity index (χ3n) is 11.8. The highest BCUT2D eigenvalue weighted by Crippen LogP contribution is 2.22. The van der Waals surface area contributed by atoms with Crippen molar-refractivity contribution in [2.75, 3.05) is 19.6 Å². The molecule has 2 heterocycles. The number of phenols is 1. The Bertz CT molecular complexity index is 2320. The van der Waals surface area contributed by atoms with Crippen LogP contribution in [0.5, 0.6) is 5.75 Å². The summed E-state index contributed by atoms with van der Waals surface area (Å²) in [6.45, 7) is 2.09. The highest BCUT2D eigenvalue weighted by molar-refractivity contribution is 6.00. The van der Waals surface area contributed by atoms with E-state index in [-0.39, 0.29) is 31.6 Å². The number of nitrogens with two attached hydrogens (primary N) is 3. The maximum absolute atomic E-state index is 14.5.